The summed E-state index contributed by atoms with van der Waals surface area (Å²) in [6, 6.07) is 10.5. The molecule has 112 valence electrons. The van der Waals surface area contributed by atoms with Gasteiger partial charge in [0.05, 0.1) is 18.2 Å². The summed E-state index contributed by atoms with van der Waals surface area (Å²) in [7, 11) is 0. The predicted octanol–water partition coefficient (Wildman–Crippen LogP) is 3.45. The SMILES string of the molecule is ClCCOC1CCN(Cc2cccc3cccnc23)CC1. The van der Waals surface area contributed by atoms with E-state index in [2.05, 4.69) is 34.1 Å². The van der Waals surface area contributed by atoms with Crippen molar-refractivity contribution in [2.45, 2.75) is 25.5 Å². The Kier molecular flexibility index (Phi) is 5.07. The summed E-state index contributed by atoms with van der Waals surface area (Å²) in [5.74, 6) is 0.585. The minimum absolute atomic E-state index is 0.380. The Morgan fingerprint density at radius 1 is 1.19 bits per heavy atom. The summed E-state index contributed by atoms with van der Waals surface area (Å²) >= 11 is 5.67. The van der Waals surface area contributed by atoms with Crippen molar-refractivity contribution in [2.24, 2.45) is 0 Å². The monoisotopic (exact) mass is 304 g/mol. The molecule has 1 fully saturated rings. The van der Waals surface area contributed by atoms with Gasteiger partial charge in [-0.2, -0.15) is 0 Å². The first kappa shape index (κ1) is 14.8. The van der Waals surface area contributed by atoms with E-state index >= 15 is 0 Å². The molecule has 1 aliphatic rings. The molecule has 0 spiro atoms. The topological polar surface area (TPSA) is 25.4 Å². The summed E-state index contributed by atoms with van der Waals surface area (Å²) in [6.45, 7) is 3.79. The van der Waals surface area contributed by atoms with Crippen molar-refractivity contribution in [2.75, 3.05) is 25.6 Å². The Bertz CT molecular complexity index is 577. The van der Waals surface area contributed by atoms with Crippen molar-refractivity contribution >= 4 is 22.5 Å². The second kappa shape index (κ2) is 7.21. The van der Waals surface area contributed by atoms with E-state index in [9.17, 15) is 0 Å². The fourth-order valence-electron chi connectivity index (χ4n) is 2.98. The highest BCUT2D eigenvalue weighted by Crippen LogP contribution is 2.20. The van der Waals surface area contributed by atoms with E-state index in [1.54, 1.807) is 0 Å². The number of likely N-dealkylation sites (tertiary alicyclic amines) is 1. The van der Waals surface area contributed by atoms with Gasteiger partial charge in [-0.3, -0.25) is 9.88 Å². The molecule has 0 radical (unpaired) electrons. The number of aromatic nitrogens is 1. The number of pyridine rings is 1. The normalized spacial score (nSPS) is 17.4. The third kappa shape index (κ3) is 3.73. The first-order valence-corrected chi connectivity index (χ1v) is 8.13. The molecule has 4 heteroatoms. The van der Waals surface area contributed by atoms with Crippen molar-refractivity contribution in [3.8, 4) is 0 Å². The van der Waals surface area contributed by atoms with E-state index in [0.29, 0.717) is 18.6 Å². The molecule has 1 saturated heterocycles. The summed E-state index contributed by atoms with van der Waals surface area (Å²) in [5.41, 5.74) is 2.44. The Morgan fingerprint density at radius 2 is 2.00 bits per heavy atom. The Balaban J connectivity index is 1.62. The van der Waals surface area contributed by atoms with Gasteiger partial charge in [0.25, 0.3) is 0 Å². The lowest BCUT2D eigenvalue weighted by Crippen LogP contribution is -2.36. The van der Waals surface area contributed by atoms with Crippen LogP contribution in [-0.2, 0) is 11.3 Å². The summed E-state index contributed by atoms with van der Waals surface area (Å²) in [4.78, 5) is 7.03. The minimum Gasteiger partial charge on any atom is -0.377 e. The largest absolute Gasteiger partial charge is 0.377 e. The number of fused-ring (bicyclic) bond motifs is 1. The van der Waals surface area contributed by atoms with Crippen LogP contribution in [0.15, 0.2) is 36.5 Å². The van der Waals surface area contributed by atoms with Crippen LogP contribution in [0.5, 0.6) is 0 Å². The van der Waals surface area contributed by atoms with Crippen LogP contribution >= 0.6 is 11.6 Å². The van der Waals surface area contributed by atoms with E-state index in [-0.39, 0.29) is 0 Å². The second-order valence-corrected chi connectivity index (χ2v) is 5.91. The standard InChI is InChI=1S/C17H21ClN2O/c18-8-12-21-16-6-10-20(11-7-16)13-15-4-1-3-14-5-2-9-19-17(14)15/h1-5,9,16H,6-8,10-13H2. The van der Waals surface area contributed by atoms with Gasteiger partial charge in [-0.25, -0.2) is 0 Å². The maximum atomic E-state index is 5.73. The Labute approximate surface area is 130 Å². The zero-order valence-corrected chi connectivity index (χ0v) is 12.9. The molecule has 0 atom stereocenters. The van der Waals surface area contributed by atoms with Crippen LogP contribution in [-0.4, -0.2) is 41.6 Å². The number of alkyl halides is 1. The number of ether oxygens (including phenoxy) is 1. The molecule has 0 N–H and O–H groups in total. The van der Waals surface area contributed by atoms with Crippen molar-refractivity contribution in [1.29, 1.82) is 0 Å². The molecule has 2 heterocycles. The third-order valence-electron chi connectivity index (χ3n) is 4.08. The lowest BCUT2D eigenvalue weighted by Gasteiger charge is -2.31. The zero-order valence-electron chi connectivity index (χ0n) is 12.2. The summed E-state index contributed by atoms with van der Waals surface area (Å²) in [6.07, 6.45) is 4.44. The molecule has 1 aromatic heterocycles. The number of hydrogen-bond acceptors (Lipinski definition) is 3. The Morgan fingerprint density at radius 3 is 2.81 bits per heavy atom. The molecular weight excluding hydrogens is 284 g/mol. The van der Waals surface area contributed by atoms with Crippen LogP contribution in [0, 0.1) is 0 Å². The molecule has 21 heavy (non-hydrogen) atoms. The molecule has 0 unspecified atom stereocenters. The van der Waals surface area contributed by atoms with Gasteiger partial charge >= 0.3 is 0 Å². The molecular formula is C17H21ClN2O. The number of nitrogens with zero attached hydrogens (tertiary/aromatic N) is 2. The fourth-order valence-corrected chi connectivity index (χ4v) is 3.07. The van der Waals surface area contributed by atoms with Crippen LogP contribution in [0.3, 0.4) is 0 Å². The number of para-hydroxylation sites is 1. The smallest absolute Gasteiger partial charge is 0.0746 e. The molecule has 0 bridgehead atoms. The van der Waals surface area contributed by atoms with Gasteiger partial charge < -0.3 is 4.74 Å². The third-order valence-corrected chi connectivity index (χ3v) is 4.23. The first-order valence-electron chi connectivity index (χ1n) is 7.59. The average Bonchev–Trinajstić information content (AvgIpc) is 2.55. The number of halogens is 1. The van der Waals surface area contributed by atoms with Crippen LogP contribution in [0.1, 0.15) is 18.4 Å². The van der Waals surface area contributed by atoms with Gasteiger partial charge in [-0.15, -0.1) is 11.6 Å². The lowest BCUT2D eigenvalue weighted by atomic mass is 10.1. The fraction of sp³-hybridized carbons (Fsp3) is 0.471. The van der Waals surface area contributed by atoms with Gasteiger partial charge in [0.15, 0.2) is 0 Å². The zero-order chi connectivity index (χ0) is 14.5. The van der Waals surface area contributed by atoms with Gasteiger partial charge in [-0.05, 0) is 24.5 Å². The molecule has 0 aliphatic carbocycles. The van der Waals surface area contributed by atoms with Crippen molar-refractivity contribution in [3.05, 3.63) is 42.1 Å². The molecule has 1 aliphatic heterocycles. The van der Waals surface area contributed by atoms with E-state index in [1.807, 2.05) is 12.3 Å². The van der Waals surface area contributed by atoms with Gasteiger partial charge in [-0.1, -0.05) is 24.3 Å². The van der Waals surface area contributed by atoms with Gasteiger partial charge in [0, 0.05) is 37.1 Å². The highest BCUT2D eigenvalue weighted by atomic mass is 35.5. The van der Waals surface area contributed by atoms with E-state index < -0.39 is 0 Å². The first-order chi connectivity index (χ1) is 10.4. The van der Waals surface area contributed by atoms with Crippen molar-refractivity contribution in [3.63, 3.8) is 0 Å². The molecule has 1 aromatic carbocycles. The number of hydrogen-bond donors (Lipinski definition) is 0. The minimum atomic E-state index is 0.380. The molecule has 2 aromatic rings. The van der Waals surface area contributed by atoms with Crippen molar-refractivity contribution < 1.29 is 4.74 Å². The quantitative estimate of drug-likeness (QED) is 0.791. The molecule has 0 saturated carbocycles. The second-order valence-electron chi connectivity index (χ2n) is 5.53. The van der Waals surface area contributed by atoms with Crippen LogP contribution < -0.4 is 0 Å². The van der Waals surface area contributed by atoms with E-state index in [1.165, 1.54) is 10.9 Å². The predicted molar refractivity (Wildman–Crippen MR) is 86.7 cm³/mol. The van der Waals surface area contributed by atoms with Gasteiger partial charge in [0.1, 0.15) is 0 Å². The highest BCUT2D eigenvalue weighted by Gasteiger charge is 2.20. The molecule has 0 amide bonds. The summed E-state index contributed by atoms with van der Waals surface area (Å²) in [5, 5.41) is 1.22. The lowest BCUT2D eigenvalue weighted by molar-refractivity contribution is 0.0135. The van der Waals surface area contributed by atoms with Crippen LogP contribution in [0.25, 0.3) is 10.9 Å². The average molecular weight is 305 g/mol. The van der Waals surface area contributed by atoms with Crippen LogP contribution in [0.2, 0.25) is 0 Å². The van der Waals surface area contributed by atoms with Crippen molar-refractivity contribution in [1.82, 2.24) is 9.88 Å². The molecule has 3 nitrogen and oxygen atoms in total. The molecule has 3 rings (SSSR count). The maximum Gasteiger partial charge on any atom is 0.0746 e. The Hall–Kier alpha value is -1.16. The maximum absolute atomic E-state index is 5.73. The van der Waals surface area contributed by atoms with Gasteiger partial charge in [0.2, 0.25) is 0 Å². The number of rotatable bonds is 5. The van der Waals surface area contributed by atoms with Crippen LogP contribution in [0.4, 0.5) is 0 Å². The van der Waals surface area contributed by atoms with E-state index in [0.717, 1.165) is 38.0 Å². The summed E-state index contributed by atoms with van der Waals surface area (Å²) < 4.78 is 5.73. The number of benzene rings is 1. The number of piperidine rings is 1. The van der Waals surface area contributed by atoms with E-state index in [4.69, 9.17) is 16.3 Å². The highest BCUT2D eigenvalue weighted by molar-refractivity contribution is 6.17.